The molecule has 0 atom stereocenters. The zero-order valence-corrected chi connectivity index (χ0v) is 21.0. The molecule has 0 aliphatic carbocycles. The van der Waals surface area contributed by atoms with Crippen LogP contribution in [0.4, 0.5) is 24.0 Å². The molecule has 3 rings (SSSR count). The lowest BCUT2D eigenvalue weighted by Crippen LogP contribution is -2.35. The summed E-state index contributed by atoms with van der Waals surface area (Å²) in [4.78, 5) is 24.4. The fraction of sp³-hybridized carbons (Fsp3) is 0.364. The van der Waals surface area contributed by atoms with E-state index in [-0.39, 0.29) is 22.5 Å². The standard InChI is InChI=1S/C22H24F3N5O3S2/c1-13(2)12-35(32,33)30-20-29-18(11-34-20)21(3,4)19(31)27-15-7-5-14(6-8-15)16-9-26-10-17(28-16)22(23,24)25/h5-11,13H,12H2,1-4H3,(H,27,31)(H,29,30). The molecule has 0 bridgehead atoms. The van der Waals surface area contributed by atoms with Crippen LogP contribution in [0.5, 0.6) is 0 Å². The second-order valence-electron chi connectivity index (χ2n) is 8.76. The molecule has 0 unspecified atom stereocenters. The number of carbonyl (C=O) groups excluding carboxylic acids is 1. The summed E-state index contributed by atoms with van der Waals surface area (Å²) >= 11 is 1.08. The van der Waals surface area contributed by atoms with Crippen LogP contribution in [0.15, 0.2) is 42.0 Å². The van der Waals surface area contributed by atoms with Crippen LogP contribution in [-0.4, -0.2) is 35.0 Å². The first-order valence-corrected chi connectivity index (χ1v) is 13.0. The number of nitrogens with zero attached hydrogens (tertiary/aromatic N) is 3. The predicted octanol–water partition coefficient (Wildman–Crippen LogP) is 4.93. The molecular formula is C22H24F3N5O3S2. The molecule has 0 saturated carbocycles. The van der Waals surface area contributed by atoms with Gasteiger partial charge in [0.1, 0.15) is 0 Å². The van der Waals surface area contributed by atoms with Crippen molar-refractivity contribution < 1.29 is 26.4 Å². The summed E-state index contributed by atoms with van der Waals surface area (Å²) in [7, 11) is -3.55. The second-order valence-corrected chi connectivity index (χ2v) is 11.4. The summed E-state index contributed by atoms with van der Waals surface area (Å²) in [6.45, 7) is 6.88. The smallest absolute Gasteiger partial charge is 0.325 e. The van der Waals surface area contributed by atoms with Gasteiger partial charge in [0.2, 0.25) is 15.9 Å². The van der Waals surface area contributed by atoms with E-state index in [1.54, 1.807) is 33.1 Å². The fourth-order valence-electron chi connectivity index (χ4n) is 2.99. The van der Waals surface area contributed by atoms with Crippen molar-refractivity contribution in [1.82, 2.24) is 15.0 Å². The summed E-state index contributed by atoms with van der Waals surface area (Å²) in [5.74, 6) is -0.499. The molecule has 1 aromatic carbocycles. The van der Waals surface area contributed by atoms with Crippen molar-refractivity contribution >= 4 is 38.1 Å². The normalized spacial score (nSPS) is 12.6. The van der Waals surface area contributed by atoms with Crippen molar-refractivity contribution in [1.29, 1.82) is 0 Å². The van der Waals surface area contributed by atoms with E-state index >= 15 is 0 Å². The van der Waals surface area contributed by atoms with Crippen LogP contribution in [0.2, 0.25) is 0 Å². The third-order valence-electron chi connectivity index (χ3n) is 4.87. The van der Waals surface area contributed by atoms with Gasteiger partial charge in [0.15, 0.2) is 10.8 Å². The van der Waals surface area contributed by atoms with Gasteiger partial charge < -0.3 is 5.32 Å². The second kappa shape index (κ2) is 9.90. The van der Waals surface area contributed by atoms with E-state index in [2.05, 4.69) is 25.0 Å². The van der Waals surface area contributed by atoms with Gasteiger partial charge >= 0.3 is 6.18 Å². The third-order valence-corrected chi connectivity index (χ3v) is 7.37. The van der Waals surface area contributed by atoms with E-state index in [9.17, 15) is 26.4 Å². The van der Waals surface area contributed by atoms with Gasteiger partial charge in [-0.25, -0.2) is 18.4 Å². The Morgan fingerprint density at radius 1 is 1.06 bits per heavy atom. The number of alkyl halides is 3. The molecule has 0 aliphatic heterocycles. The fourth-order valence-corrected chi connectivity index (χ4v) is 5.56. The van der Waals surface area contributed by atoms with Crippen molar-refractivity contribution in [3.63, 3.8) is 0 Å². The van der Waals surface area contributed by atoms with Gasteiger partial charge in [-0.2, -0.15) is 13.2 Å². The molecule has 0 saturated heterocycles. The van der Waals surface area contributed by atoms with Crippen LogP contribution in [0.1, 0.15) is 39.1 Å². The van der Waals surface area contributed by atoms with Gasteiger partial charge in [0, 0.05) is 16.6 Å². The van der Waals surface area contributed by atoms with Crippen molar-refractivity contribution in [2.75, 3.05) is 15.8 Å². The van der Waals surface area contributed by atoms with Gasteiger partial charge in [-0.1, -0.05) is 26.0 Å². The lowest BCUT2D eigenvalue weighted by atomic mass is 9.89. The number of thiazole rings is 1. The number of hydrogen-bond donors (Lipinski definition) is 2. The zero-order chi connectivity index (χ0) is 26.0. The largest absolute Gasteiger partial charge is 0.434 e. The number of benzene rings is 1. The van der Waals surface area contributed by atoms with Gasteiger partial charge in [-0.3, -0.25) is 14.5 Å². The van der Waals surface area contributed by atoms with Crippen LogP contribution in [0.25, 0.3) is 11.3 Å². The third kappa shape index (κ3) is 6.75. The number of carbonyl (C=O) groups is 1. The Kier molecular flexibility index (Phi) is 7.50. The molecule has 0 radical (unpaired) electrons. The molecule has 0 spiro atoms. The average molecular weight is 528 g/mol. The van der Waals surface area contributed by atoms with Crippen LogP contribution >= 0.6 is 11.3 Å². The quantitative estimate of drug-likeness (QED) is 0.429. The van der Waals surface area contributed by atoms with E-state index in [1.807, 2.05) is 0 Å². The number of halogens is 3. The maximum atomic E-state index is 13.0. The molecular weight excluding hydrogens is 503 g/mol. The molecule has 35 heavy (non-hydrogen) atoms. The Morgan fingerprint density at radius 2 is 1.71 bits per heavy atom. The lowest BCUT2D eigenvalue weighted by molar-refractivity contribution is -0.141. The van der Waals surface area contributed by atoms with E-state index < -0.39 is 33.2 Å². The number of aromatic nitrogens is 3. The highest BCUT2D eigenvalue weighted by Crippen LogP contribution is 2.31. The maximum absolute atomic E-state index is 13.0. The summed E-state index contributed by atoms with van der Waals surface area (Å²) < 4.78 is 65.4. The number of rotatable bonds is 8. The molecule has 8 nitrogen and oxygen atoms in total. The molecule has 1 amide bonds. The Balaban J connectivity index is 1.71. The molecule has 3 aromatic rings. The lowest BCUT2D eigenvalue weighted by Gasteiger charge is -2.21. The molecule has 2 N–H and O–H groups in total. The Morgan fingerprint density at radius 3 is 2.31 bits per heavy atom. The predicted molar refractivity (Wildman–Crippen MR) is 128 cm³/mol. The molecule has 0 aliphatic rings. The highest BCUT2D eigenvalue weighted by atomic mass is 32.2. The number of sulfonamides is 1. The summed E-state index contributed by atoms with van der Waals surface area (Å²) in [5.41, 5.74) is -0.934. The Bertz CT molecular complexity index is 1300. The number of nitrogens with one attached hydrogen (secondary N) is 2. The highest BCUT2D eigenvalue weighted by molar-refractivity contribution is 7.92. The van der Waals surface area contributed by atoms with Crippen LogP contribution in [-0.2, 0) is 26.4 Å². The van der Waals surface area contributed by atoms with E-state index in [1.165, 1.54) is 30.5 Å². The molecule has 2 aromatic heterocycles. The van der Waals surface area contributed by atoms with E-state index in [0.29, 0.717) is 23.1 Å². The average Bonchev–Trinajstić information content (AvgIpc) is 3.21. The minimum atomic E-state index is -4.60. The number of amides is 1. The van der Waals surface area contributed by atoms with Crippen molar-refractivity contribution in [2.45, 2.75) is 39.3 Å². The first kappa shape index (κ1) is 26.5. The van der Waals surface area contributed by atoms with Crippen LogP contribution in [0.3, 0.4) is 0 Å². The van der Waals surface area contributed by atoms with Gasteiger partial charge in [0.05, 0.1) is 34.9 Å². The molecule has 188 valence electrons. The van der Waals surface area contributed by atoms with Crippen molar-refractivity contribution in [2.24, 2.45) is 5.92 Å². The minimum Gasteiger partial charge on any atom is -0.325 e. The SMILES string of the molecule is CC(C)CS(=O)(=O)Nc1nc(C(C)(C)C(=O)Nc2ccc(-c3cncc(C(F)(F)F)n3)cc2)cs1. The monoisotopic (exact) mass is 527 g/mol. The van der Waals surface area contributed by atoms with Crippen LogP contribution in [0, 0.1) is 5.92 Å². The topological polar surface area (TPSA) is 114 Å². The molecule has 0 fully saturated rings. The number of hydrogen-bond acceptors (Lipinski definition) is 7. The molecule has 2 heterocycles. The van der Waals surface area contributed by atoms with Crippen molar-refractivity contribution in [3.8, 4) is 11.3 Å². The Labute approximate surface area is 205 Å². The van der Waals surface area contributed by atoms with E-state index in [4.69, 9.17) is 0 Å². The first-order valence-electron chi connectivity index (χ1n) is 10.4. The molecule has 13 heteroatoms. The maximum Gasteiger partial charge on any atom is 0.434 e. The summed E-state index contributed by atoms with van der Waals surface area (Å²) in [6.07, 6.45) is -2.73. The first-order chi connectivity index (χ1) is 16.2. The van der Waals surface area contributed by atoms with Gasteiger partial charge in [0.25, 0.3) is 0 Å². The summed E-state index contributed by atoms with van der Waals surface area (Å²) in [5, 5.41) is 4.54. The van der Waals surface area contributed by atoms with Gasteiger partial charge in [-0.15, -0.1) is 11.3 Å². The minimum absolute atomic E-state index is 0.0477. The van der Waals surface area contributed by atoms with Gasteiger partial charge in [-0.05, 0) is 31.9 Å². The number of anilines is 2. The summed E-state index contributed by atoms with van der Waals surface area (Å²) in [6, 6.07) is 6.13. The zero-order valence-electron chi connectivity index (χ0n) is 19.3. The van der Waals surface area contributed by atoms with Crippen molar-refractivity contribution in [3.05, 3.63) is 53.4 Å². The van der Waals surface area contributed by atoms with E-state index in [0.717, 1.165) is 11.3 Å². The Hall–Kier alpha value is -3.06. The van der Waals surface area contributed by atoms with Crippen LogP contribution < -0.4 is 10.0 Å². The highest BCUT2D eigenvalue weighted by Gasteiger charge is 2.34.